The van der Waals surface area contributed by atoms with Gasteiger partial charge in [0.1, 0.15) is 11.9 Å². The predicted molar refractivity (Wildman–Crippen MR) is 74.9 cm³/mol. The lowest BCUT2D eigenvalue weighted by Gasteiger charge is -2.35. The molecule has 1 aliphatic rings. The van der Waals surface area contributed by atoms with Crippen LogP contribution in [0.4, 0.5) is 5.82 Å². The number of amides is 1. The third-order valence-electron chi connectivity index (χ3n) is 3.18. The fourth-order valence-corrected chi connectivity index (χ4v) is 2.10. The van der Waals surface area contributed by atoms with Crippen LogP contribution in [0.5, 0.6) is 0 Å². The van der Waals surface area contributed by atoms with E-state index >= 15 is 0 Å². The van der Waals surface area contributed by atoms with Crippen molar-refractivity contribution >= 4 is 18.0 Å². The number of carbonyl (C=O) groups excluding carboxylic acids is 2. The second kappa shape index (κ2) is 7.00. The van der Waals surface area contributed by atoms with Gasteiger partial charge in [-0.2, -0.15) is 0 Å². The number of carbonyl (C=O) groups is 2. The number of ether oxygens (including phenoxy) is 1. The highest BCUT2D eigenvalue weighted by Gasteiger charge is 2.30. The predicted octanol–water partition coefficient (Wildman–Crippen LogP) is 0.625. The third kappa shape index (κ3) is 3.33. The topological polar surface area (TPSA) is 71.5 Å². The highest BCUT2D eigenvalue weighted by molar-refractivity contribution is 5.85. The van der Waals surface area contributed by atoms with Crippen molar-refractivity contribution in [3.8, 4) is 0 Å². The Morgan fingerprint density at radius 2 is 2.45 bits per heavy atom. The van der Waals surface area contributed by atoms with E-state index in [1.807, 2.05) is 11.8 Å². The summed E-state index contributed by atoms with van der Waals surface area (Å²) in [5, 5.41) is 2.88. The molecule has 2 rings (SSSR count). The molecule has 0 radical (unpaired) electrons. The highest BCUT2D eigenvalue weighted by atomic mass is 16.5. The Morgan fingerprint density at radius 3 is 3.10 bits per heavy atom. The summed E-state index contributed by atoms with van der Waals surface area (Å²) < 4.78 is 5.39. The van der Waals surface area contributed by atoms with Crippen molar-refractivity contribution in [1.82, 2.24) is 10.3 Å². The van der Waals surface area contributed by atoms with Gasteiger partial charge in [-0.3, -0.25) is 9.59 Å². The number of rotatable bonds is 5. The van der Waals surface area contributed by atoms with Crippen LogP contribution >= 0.6 is 0 Å². The Labute approximate surface area is 118 Å². The number of aromatic nitrogens is 1. The Balaban J connectivity index is 2.12. The van der Waals surface area contributed by atoms with Crippen molar-refractivity contribution in [1.29, 1.82) is 0 Å². The van der Waals surface area contributed by atoms with Crippen molar-refractivity contribution in [2.45, 2.75) is 19.4 Å². The molecule has 0 saturated carbocycles. The highest BCUT2D eigenvalue weighted by Crippen LogP contribution is 2.17. The van der Waals surface area contributed by atoms with Crippen molar-refractivity contribution in [2.24, 2.45) is 0 Å². The summed E-state index contributed by atoms with van der Waals surface area (Å²) in [5.74, 6) is 0.642. The van der Waals surface area contributed by atoms with Crippen molar-refractivity contribution in [2.75, 3.05) is 31.2 Å². The van der Waals surface area contributed by atoms with Crippen LogP contribution in [0, 0.1) is 0 Å². The first-order valence-electron chi connectivity index (χ1n) is 6.79. The molecule has 1 N–H and O–H groups in total. The SMILES string of the molecule is CCCNC(=O)C1COCCN1c1ccc(C=O)cn1. The summed E-state index contributed by atoms with van der Waals surface area (Å²) in [5.41, 5.74) is 0.522. The van der Waals surface area contributed by atoms with Gasteiger partial charge < -0.3 is 15.0 Å². The Kier molecular flexibility index (Phi) is 5.06. The van der Waals surface area contributed by atoms with E-state index in [2.05, 4.69) is 10.3 Å². The Morgan fingerprint density at radius 1 is 1.60 bits per heavy atom. The van der Waals surface area contributed by atoms with Crippen LogP contribution in [0.25, 0.3) is 0 Å². The van der Waals surface area contributed by atoms with E-state index in [1.165, 1.54) is 6.20 Å². The Hall–Kier alpha value is -1.95. The number of morpholine rings is 1. The average molecular weight is 277 g/mol. The number of aldehydes is 1. The zero-order chi connectivity index (χ0) is 14.4. The molecule has 0 spiro atoms. The first-order chi connectivity index (χ1) is 9.76. The molecule has 1 aromatic rings. The monoisotopic (exact) mass is 277 g/mol. The second-order valence-corrected chi connectivity index (χ2v) is 4.64. The Bertz CT molecular complexity index is 461. The molecule has 1 unspecified atom stereocenters. The first kappa shape index (κ1) is 14.5. The first-order valence-corrected chi connectivity index (χ1v) is 6.79. The zero-order valence-electron chi connectivity index (χ0n) is 11.5. The van der Waals surface area contributed by atoms with E-state index < -0.39 is 0 Å². The lowest BCUT2D eigenvalue weighted by Crippen LogP contribution is -2.54. The van der Waals surface area contributed by atoms with Gasteiger partial charge in [0.2, 0.25) is 5.91 Å². The molecule has 6 nitrogen and oxygen atoms in total. The lowest BCUT2D eigenvalue weighted by molar-refractivity contribution is -0.124. The van der Waals surface area contributed by atoms with Gasteiger partial charge in [0.25, 0.3) is 0 Å². The summed E-state index contributed by atoms with van der Waals surface area (Å²) in [6.45, 7) is 4.19. The van der Waals surface area contributed by atoms with E-state index in [4.69, 9.17) is 4.74 Å². The quantitative estimate of drug-likeness (QED) is 0.799. The molecule has 0 bridgehead atoms. The summed E-state index contributed by atoms with van der Waals surface area (Å²) in [7, 11) is 0. The third-order valence-corrected chi connectivity index (χ3v) is 3.18. The van der Waals surface area contributed by atoms with Gasteiger partial charge in [-0.05, 0) is 18.6 Å². The maximum atomic E-state index is 12.1. The van der Waals surface area contributed by atoms with Gasteiger partial charge in [0.15, 0.2) is 6.29 Å². The maximum absolute atomic E-state index is 12.1. The lowest BCUT2D eigenvalue weighted by atomic mass is 10.2. The van der Waals surface area contributed by atoms with Gasteiger partial charge in [-0.25, -0.2) is 4.98 Å². The van der Waals surface area contributed by atoms with Crippen molar-refractivity contribution < 1.29 is 14.3 Å². The van der Waals surface area contributed by atoms with E-state index in [1.54, 1.807) is 12.1 Å². The van der Waals surface area contributed by atoms with Crippen LogP contribution < -0.4 is 10.2 Å². The molecule has 1 atom stereocenters. The molecule has 108 valence electrons. The molecule has 20 heavy (non-hydrogen) atoms. The zero-order valence-corrected chi connectivity index (χ0v) is 11.5. The van der Waals surface area contributed by atoms with Crippen LogP contribution in [0.2, 0.25) is 0 Å². The second-order valence-electron chi connectivity index (χ2n) is 4.64. The molecule has 2 heterocycles. The number of anilines is 1. The van der Waals surface area contributed by atoms with Crippen LogP contribution in [-0.4, -0.2) is 49.5 Å². The van der Waals surface area contributed by atoms with Crippen molar-refractivity contribution in [3.63, 3.8) is 0 Å². The molecule has 0 aliphatic carbocycles. The minimum absolute atomic E-state index is 0.0483. The summed E-state index contributed by atoms with van der Waals surface area (Å²) in [6.07, 6.45) is 3.16. The molecule has 1 aliphatic heterocycles. The summed E-state index contributed by atoms with van der Waals surface area (Å²) >= 11 is 0. The fraction of sp³-hybridized carbons (Fsp3) is 0.500. The largest absolute Gasteiger partial charge is 0.377 e. The number of nitrogens with zero attached hydrogens (tertiary/aromatic N) is 2. The van der Waals surface area contributed by atoms with Gasteiger partial charge >= 0.3 is 0 Å². The summed E-state index contributed by atoms with van der Waals surface area (Å²) in [6, 6.07) is 3.09. The molecule has 1 saturated heterocycles. The molecule has 1 fully saturated rings. The number of pyridine rings is 1. The van der Waals surface area contributed by atoms with E-state index in [-0.39, 0.29) is 11.9 Å². The number of nitrogens with one attached hydrogen (secondary N) is 1. The maximum Gasteiger partial charge on any atom is 0.245 e. The van der Waals surface area contributed by atoms with Gasteiger partial charge in [-0.1, -0.05) is 6.92 Å². The van der Waals surface area contributed by atoms with E-state index in [0.29, 0.717) is 37.7 Å². The van der Waals surface area contributed by atoms with Gasteiger partial charge in [0, 0.05) is 24.8 Å². The molecular weight excluding hydrogens is 258 g/mol. The average Bonchev–Trinajstić information content (AvgIpc) is 2.52. The normalized spacial score (nSPS) is 18.6. The van der Waals surface area contributed by atoms with E-state index in [9.17, 15) is 9.59 Å². The van der Waals surface area contributed by atoms with Crippen LogP contribution in [-0.2, 0) is 9.53 Å². The fourth-order valence-electron chi connectivity index (χ4n) is 2.10. The smallest absolute Gasteiger partial charge is 0.245 e. The summed E-state index contributed by atoms with van der Waals surface area (Å²) in [4.78, 5) is 29.0. The van der Waals surface area contributed by atoms with Gasteiger partial charge in [-0.15, -0.1) is 0 Å². The van der Waals surface area contributed by atoms with E-state index in [0.717, 1.165) is 12.7 Å². The van der Waals surface area contributed by atoms with Crippen LogP contribution in [0.1, 0.15) is 23.7 Å². The minimum atomic E-state index is -0.370. The van der Waals surface area contributed by atoms with Gasteiger partial charge in [0.05, 0.1) is 13.2 Å². The molecule has 0 aromatic carbocycles. The van der Waals surface area contributed by atoms with Crippen molar-refractivity contribution in [3.05, 3.63) is 23.9 Å². The van der Waals surface area contributed by atoms with Crippen LogP contribution in [0.15, 0.2) is 18.3 Å². The molecule has 1 amide bonds. The molecule has 1 aromatic heterocycles. The molecule has 6 heteroatoms. The number of hydrogen-bond donors (Lipinski definition) is 1. The standard InChI is InChI=1S/C14H19N3O3/c1-2-5-15-14(19)12-10-20-7-6-17(12)13-4-3-11(9-18)8-16-13/h3-4,8-9,12H,2,5-7,10H2,1H3,(H,15,19). The number of hydrogen-bond acceptors (Lipinski definition) is 5. The van der Waals surface area contributed by atoms with Crippen LogP contribution in [0.3, 0.4) is 0 Å². The molecular formula is C14H19N3O3. The minimum Gasteiger partial charge on any atom is -0.377 e.